The van der Waals surface area contributed by atoms with Crippen molar-refractivity contribution in [1.29, 1.82) is 0 Å². The molecule has 0 aromatic heterocycles. The lowest BCUT2D eigenvalue weighted by atomic mass is 10.1. The minimum absolute atomic E-state index is 0.703. The van der Waals surface area contributed by atoms with Gasteiger partial charge in [-0.3, -0.25) is 0 Å². The third-order valence-corrected chi connectivity index (χ3v) is 2.51. The molecule has 1 nitrogen and oxygen atoms in total. The molecule has 1 saturated heterocycles. The predicted molar refractivity (Wildman–Crippen MR) is 32.8 cm³/mol. The van der Waals surface area contributed by atoms with Crippen molar-refractivity contribution in [2.24, 2.45) is 11.8 Å². The maximum Gasteiger partial charge on any atom is 0.155 e. The molecule has 2 aliphatic rings. The molecular formula is C7H13O+. The second-order valence-electron chi connectivity index (χ2n) is 3.10. The number of fused-ring (bicyclic) bond motifs is 1. The van der Waals surface area contributed by atoms with Crippen LogP contribution in [0.2, 0.25) is 0 Å². The van der Waals surface area contributed by atoms with E-state index < -0.39 is 0 Å². The maximum absolute atomic E-state index is 4.45. The third kappa shape index (κ3) is 0.576. The van der Waals surface area contributed by atoms with Crippen LogP contribution in [0.25, 0.3) is 0 Å². The van der Waals surface area contributed by atoms with Crippen LogP contribution in [0.5, 0.6) is 0 Å². The van der Waals surface area contributed by atoms with Gasteiger partial charge in [-0.05, 0) is 12.3 Å². The molecule has 46 valence electrons. The highest BCUT2D eigenvalue weighted by molar-refractivity contribution is 4.92. The van der Waals surface area contributed by atoms with Crippen LogP contribution in [0.3, 0.4) is 0 Å². The molecule has 2 unspecified atom stereocenters. The fraction of sp³-hybridized carbons (Fsp3) is 1.00. The second kappa shape index (κ2) is 1.47. The summed E-state index contributed by atoms with van der Waals surface area (Å²) in [6, 6.07) is 0. The van der Waals surface area contributed by atoms with Gasteiger partial charge in [0.1, 0.15) is 6.61 Å². The average Bonchev–Trinajstić information content (AvgIpc) is 2.45. The van der Waals surface area contributed by atoms with Crippen LogP contribution in [-0.2, 0) is 0 Å². The van der Waals surface area contributed by atoms with Crippen molar-refractivity contribution in [3.63, 3.8) is 0 Å². The van der Waals surface area contributed by atoms with Gasteiger partial charge in [-0.15, -0.1) is 0 Å². The van der Waals surface area contributed by atoms with E-state index in [2.05, 4.69) is 11.7 Å². The van der Waals surface area contributed by atoms with Crippen LogP contribution in [0.15, 0.2) is 0 Å². The number of hydrogen-bond acceptors (Lipinski definition) is 0. The molecule has 0 bridgehead atoms. The summed E-state index contributed by atoms with van der Waals surface area (Å²) in [4.78, 5) is 0. The molecule has 0 spiro atoms. The molecule has 0 aromatic rings. The highest BCUT2D eigenvalue weighted by Gasteiger charge is 2.47. The van der Waals surface area contributed by atoms with Crippen molar-refractivity contribution in [2.45, 2.75) is 25.9 Å². The van der Waals surface area contributed by atoms with Gasteiger partial charge in [0, 0.05) is 19.3 Å². The van der Waals surface area contributed by atoms with Gasteiger partial charge in [-0.2, -0.15) is 0 Å². The normalized spacial score (nSPS) is 52.9. The second-order valence-corrected chi connectivity index (χ2v) is 3.10. The molecule has 2 rings (SSSR count). The van der Waals surface area contributed by atoms with Crippen LogP contribution in [0, 0.1) is 11.8 Å². The Hall–Kier alpha value is -0.0400. The monoisotopic (exact) mass is 113 g/mol. The molecule has 0 aromatic carbocycles. The van der Waals surface area contributed by atoms with Gasteiger partial charge in [0.15, 0.2) is 6.10 Å². The molecule has 1 saturated carbocycles. The third-order valence-electron chi connectivity index (χ3n) is 2.51. The van der Waals surface area contributed by atoms with Crippen LogP contribution in [0.4, 0.5) is 0 Å². The van der Waals surface area contributed by atoms with E-state index in [1.807, 2.05) is 0 Å². The van der Waals surface area contributed by atoms with Gasteiger partial charge in [-0.1, -0.05) is 0 Å². The topological polar surface area (TPSA) is 12.8 Å². The molecule has 1 heterocycles. The number of aliphatic hydroxyl groups is 2. The lowest BCUT2D eigenvalue weighted by Gasteiger charge is -2.13. The van der Waals surface area contributed by atoms with Crippen molar-refractivity contribution in [1.82, 2.24) is 0 Å². The standard InChI is InChI=1S/C7H12O/c1-5-7-4-6(7)2-3-8-5/h5-7H,2-4H2,1H3/p+1/t5?,6-,7?/m0/s1. The Morgan fingerprint density at radius 1 is 1.50 bits per heavy atom. The van der Waals surface area contributed by atoms with E-state index in [1.165, 1.54) is 12.8 Å². The van der Waals surface area contributed by atoms with Gasteiger partial charge < -0.3 is 4.74 Å². The summed E-state index contributed by atoms with van der Waals surface area (Å²) in [5.74, 6) is 2.09. The van der Waals surface area contributed by atoms with Gasteiger partial charge in [-0.25, -0.2) is 0 Å². The van der Waals surface area contributed by atoms with E-state index in [0.717, 1.165) is 18.4 Å². The van der Waals surface area contributed by atoms with Gasteiger partial charge in [0.05, 0.1) is 0 Å². The average molecular weight is 113 g/mol. The first-order valence-electron chi connectivity index (χ1n) is 3.54. The summed E-state index contributed by atoms with van der Waals surface area (Å²) in [6.07, 6.45) is 3.56. The van der Waals surface area contributed by atoms with E-state index in [1.54, 1.807) is 0 Å². The smallest absolute Gasteiger partial charge is 0.155 e. The SMILES string of the molecule is CC1[OH+]CC[C@H]2CC12. The lowest BCUT2D eigenvalue weighted by molar-refractivity contribution is -0.127. The minimum atomic E-state index is 0.703. The first-order valence-corrected chi connectivity index (χ1v) is 3.54. The van der Waals surface area contributed by atoms with Gasteiger partial charge >= 0.3 is 0 Å². The molecule has 1 N–H and O–H groups in total. The van der Waals surface area contributed by atoms with Crippen LogP contribution >= 0.6 is 0 Å². The zero-order valence-electron chi connectivity index (χ0n) is 5.30. The number of ether oxygens (including phenoxy) is 1. The molecule has 8 heavy (non-hydrogen) atoms. The lowest BCUT2D eigenvalue weighted by Crippen LogP contribution is -2.22. The Morgan fingerprint density at radius 2 is 2.38 bits per heavy atom. The van der Waals surface area contributed by atoms with E-state index >= 15 is 0 Å². The first kappa shape index (κ1) is 4.80. The number of hydrogen-bond donors (Lipinski definition) is 0. The molecular weight excluding hydrogens is 100 g/mol. The van der Waals surface area contributed by atoms with Crippen LogP contribution in [-0.4, -0.2) is 17.4 Å². The van der Waals surface area contributed by atoms with Crippen molar-refractivity contribution in [3.05, 3.63) is 0 Å². The summed E-state index contributed by atoms with van der Waals surface area (Å²) < 4.78 is 4.45. The quantitative estimate of drug-likeness (QED) is 0.415. The Kier molecular flexibility index (Phi) is 0.884. The van der Waals surface area contributed by atoms with Crippen molar-refractivity contribution in [2.75, 3.05) is 6.61 Å². The largest absolute Gasteiger partial charge is 0.431 e. The highest BCUT2D eigenvalue weighted by Crippen LogP contribution is 2.46. The molecule has 3 atom stereocenters. The van der Waals surface area contributed by atoms with E-state index in [4.69, 9.17) is 0 Å². The van der Waals surface area contributed by atoms with Crippen molar-refractivity contribution < 1.29 is 4.74 Å². The van der Waals surface area contributed by atoms with Gasteiger partial charge in [0.25, 0.3) is 0 Å². The summed E-state index contributed by atoms with van der Waals surface area (Å²) in [5, 5.41) is 0. The fourth-order valence-corrected chi connectivity index (χ4v) is 1.77. The van der Waals surface area contributed by atoms with E-state index in [-0.39, 0.29) is 0 Å². The Labute approximate surface area is 50.0 Å². The maximum atomic E-state index is 4.45. The highest BCUT2D eigenvalue weighted by atomic mass is 16.5. The van der Waals surface area contributed by atoms with Crippen LogP contribution < -0.4 is 0 Å². The Bertz CT molecular complexity index is 101. The van der Waals surface area contributed by atoms with Crippen LogP contribution in [0.1, 0.15) is 19.8 Å². The number of rotatable bonds is 0. The summed E-state index contributed by atoms with van der Waals surface area (Å²) in [7, 11) is 0. The van der Waals surface area contributed by atoms with Crippen molar-refractivity contribution in [3.8, 4) is 0 Å². The zero-order valence-corrected chi connectivity index (χ0v) is 5.30. The summed E-state index contributed by atoms with van der Waals surface area (Å²) in [5.41, 5.74) is 0. The van der Waals surface area contributed by atoms with E-state index in [0.29, 0.717) is 6.10 Å². The molecule has 1 aliphatic carbocycles. The molecule has 1 aliphatic heterocycles. The zero-order chi connectivity index (χ0) is 5.56. The molecule has 0 amide bonds. The molecule has 2 fully saturated rings. The minimum Gasteiger partial charge on any atom is -0.431 e. The molecule has 1 heteroatoms. The predicted octanol–water partition coefficient (Wildman–Crippen LogP) is 0.943. The first-order chi connectivity index (χ1) is 3.88. The molecule has 0 radical (unpaired) electrons. The Morgan fingerprint density at radius 3 is 3.00 bits per heavy atom. The van der Waals surface area contributed by atoms with E-state index in [9.17, 15) is 0 Å². The summed E-state index contributed by atoms with van der Waals surface area (Å²) in [6.45, 7) is 3.40. The summed E-state index contributed by atoms with van der Waals surface area (Å²) >= 11 is 0. The van der Waals surface area contributed by atoms with Crippen molar-refractivity contribution >= 4 is 0 Å². The fourth-order valence-electron chi connectivity index (χ4n) is 1.77. The Balaban J connectivity index is 1.99. The van der Waals surface area contributed by atoms with Gasteiger partial charge in [0.2, 0.25) is 0 Å².